The minimum atomic E-state index is -1.84. The summed E-state index contributed by atoms with van der Waals surface area (Å²) >= 11 is 7.99. The molecule has 0 spiro atoms. The number of nitrogens with two attached hydrogens (primary N) is 3. The fourth-order valence-electron chi connectivity index (χ4n) is 6.95. The summed E-state index contributed by atoms with van der Waals surface area (Å²) in [5, 5.41) is 53.7. The fraction of sp³-hybridized carbons (Fsp3) is 0.711. The SMILES string of the molecule is CC(=O)N[C@@H](CS)C(=O)N[C@H](C(=O)N[C@@H](CC(C)C)C(=O)N[C@@H](CCC(=O)O)C(=O)N[C@@H](CC(N)=O)C(=O)NCC(=O)N[C@@H](CCCCN)C(=O)N[C@@H](CC(C)C)C(=O)N[C@H](C(=O)N[C@@H](CS)C(N)=O)[C@@H](C)O)[C@@H](C)O. The van der Waals surface area contributed by atoms with Gasteiger partial charge in [0, 0.05) is 24.9 Å². The number of carboxylic acid groups (broad SMARTS) is 1. The minimum absolute atomic E-state index is 0.000548. The van der Waals surface area contributed by atoms with Crippen LogP contribution in [0.25, 0.3) is 0 Å². The molecular weight excluding hydrogens is 1040 g/mol. The van der Waals surface area contributed by atoms with E-state index < -0.39 is 169 Å². The van der Waals surface area contributed by atoms with Crippen LogP contribution in [0, 0.1) is 11.8 Å². The molecule has 0 aliphatic heterocycles. The number of primary amides is 2. The van der Waals surface area contributed by atoms with Gasteiger partial charge in [0.1, 0.15) is 54.4 Å². The van der Waals surface area contributed by atoms with E-state index in [-0.39, 0.29) is 55.6 Å². The van der Waals surface area contributed by atoms with Crippen molar-refractivity contribution in [2.24, 2.45) is 29.0 Å². The molecule has 0 aromatic heterocycles. The summed E-state index contributed by atoms with van der Waals surface area (Å²) in [6, 6.07) is -13.5. The molecule has 432 valence electrons. The molecule has 76 heavy (non-hydrogen) atoms. The van der Waals surface area contributed by atoms with Crippen LogP contribution in [0.5, 0.6) is 0 Å². The van der Waals surface area contributed by atoms with Crippen LogP contribution < -0.4 is 70.4 Å². The van der Waals surface area contributed by atoms with Gasteiger partial charge in [-0.05, 0) is 70.8 Å². The van der Waals surface area contributed by atoms with Crippen LogP contribution in [0.3, 0.4) is 0 Å². The van der Waals surface area contributed by atoms with Crippen molar-refractivity contribution in [1.82, 2.24) is 53.2 Å². The zero-order valence-corrected chi connectivity index (χ0v) is 45.6. The van der Waals surface area contributed by atoms with Gasteiger partial charge in [-0.3, -0.25) is 62.3 Å². The van der Waals surface area contributed by atoms with E-state index in [1.54, 1.807) is 27.7 Å². The third-order valence-electron chi connectivity index (χ3n) is 10.9. The molecule has 0 aliphatic carbocycles. The van der Waals surface area contributed by atoms with Crippen molar-refractivity contribution in [2.45, 2.75) is 166 Å². The number of aliphatic carboxylic acids is 1. The summed E-state index contributed by atoms with van der Waals surface area (Å²) in [5.41, 5.74) is 16.3. The number of hydrogen-bond acceptors (Lipinski definition) is 18. The summed E-state index contributed by atoms with van der Waals surface area (Å²) in [6.45, 7) is 9.64. The smallest absolute Gasteiger partial charge is 0.303 e. The molecular formula is C45H79N13O16S2. The number of rotatable bonds is 37. The highest BCUT2D eigenvalue weighted by molar-refractivity contribution is 7.80. The van der Waals surface area contributed by atoms with E-state index in [4.69, 9.17) is 17.2 Å². The first kappa shape index (κ1) is 69.7. The van der Waals surface area contributed by atoms with Gasteiger partial charge >= 0.3 is 5.97 Å². The highest BCUT2D eigenvalue weighted by Crippen LogP contribution is 2.11. The highest BCUT2D eigenvalue weighted by atomic mass is 32.1. The topological polar surface area (TPSA) is 481 Å². The van der Waals surface area contributed by atoms with Gasteiger partial charge in [-0.2, -0.15) is 25.3 Å². The lowest BCUT2D eigenvalue weighted by Crippen LogP contribution is -2.61. The summed E-state index contributed by atoms with van der Waals surface area (Å²) in [4.78, 5) is 168. The Hall–Kier alpha value is -6.31. The van der Waals surface area contributed by atoms with E-state index in [9.17, 15) is 77.6 Å². The van der Waals surface area contributed by atoms with E-state index in [1.165, 1.54) is 13.8 Å². The van der Waals surface area contributed by atoms with Crippen molar-refractivity contribution in [3.8, 4) is 0 Å². The Balaban J connectivity index is 6.44. The predicted molar refractivity (Wildman–Crippen MR) is 279 cm³/mol. The Morgan fingerprint density at radius 2 is 0.895 bits per heavy atom. The zero-order chi connectivity index (χ0) is 58.6. The lowest BCUT2D eigenvalue weighted by molar-refractivity contribution is -0.139. The molecule has 0 saturated carbocycles. The number of unbranched alkanes of at least 4 members (excludes halogenated alkanes) is 1. The van der Waals surface area contributed by atoms with Crippen LogP contribution >= 0.6 is 25.3 Å². The van der Waals surface area contributed by atoms with Gasteiger partial charge in [-0.25, -0.2) is 0 Å². The molecule has 0 heterocycles. The third kappa shape index (κ3) is 27.5. The molecule has 19 N–H and O–H groups in total. The van der Waals surface area contributed by atoms with Crippen molar-refractivity contribution >= 4 is 102 Å². The zero-order valence-electron chi connectivity index (χ0n) is 43.8. The maximum atomic E-state index is 13.8. The number of nitrogens with one attached hydrogen (secondary N) is 10. The van der Waals surface area contributed by atoms with Crippen molar-refractivity contribution in [3.05, 3.63) is 0 Å². The Morgan fingerprint density at radius 3 is 1.30 bits per heavy atom. The average molecular weight is 1120 g/mol. The maximum Gasteiger partial charge on any atom is 0.303 e. The molecule has 11 atom stereocenters. The summed E-state index contributed by atoms with van der Waals surface area (Å²) in [7, 11) is 0. The Labute approximate surface area is 451 Å². The first-order valence-corrected chi connectivity index (χ1v) is 25.7. The number of carbonyl (C=O) groups is 13. The largest absolute Gasteiger partial charge is 0.481 e. The van der Waals surface area contributed by atoms with Gasteiger partial charge in [0.2, 0.25) is 70.9 Å². The molecule has 0 bridgehead atoms. The van der Waals surface area contributed by atoms with Crippen molar-refractivity contribution in [1.29, 1.82) is 0 Å². The number of hydrogen-bond donors (Lipinski definition) is 18. The number of amides is 12. The van der Waals surface area contributed by atoms with E-state index >= 15 is 0 Å². The van der Waals surface area contributed by atoms with Gasteiger partial charge < -0.3 is 85.7 Å². The third-order valence-corrected chi connectivity index (χ3v) is 11.6. The molecule has 0 aromatic rings. The summed E-state index contributed by atoms with van der Waals surface area (Å²) < 4.78 is 0. The summed E-state index contributed by atoms with van der Waals surface area (Å²) in [5.74, 6) is -14.1. The number of aliphatic hydroxyl groups excluding tert-OH is 2. The molecule has 0 unspecified atom stereocenters. The molecule has 0 saturated heterocycles. The molecule has 0 fully saturated rings. The van der Waals surface area contributed by atoms with Crippen molar-refractivity contribution in [3.63, 3.8) is 0 Å². The van der Waals surface area contributed by atoms with Gasteiger partial charge in [0.15, 0.2) is 0 Å². The van der Waals surface area contributed by atoms with E-state index in [2.05, 4.69) is 78.4 Å². The molecule has 0 rings (SSSR count). The second kappa shape index (κ2) is 35.9. The van der Waals surface area contributed by atoms with Crippen LogP contribution in [-0.2, 0) is 62.3 Å². The standard InChI is InChI=1S/C45H79N13O16S2/c1-20(2)14-27(55-44(73)35(22(5)59)58-43(72)31(19-76)50-24(7)61)41(70)52-26(11-12-34(64)65)40(69)54-29(16-32(47)62)38(67)49-17-33(63)51-25(10-8-9-13-46)39(68)53-28(15-21(3)4)42(71)57-36(23(6)60)45(74)56-30(18-75)37(48)66/h20-23,25-31,35-36,59-60,75-76H,8-19,46H2,1-7H3,(H2,47,62)(H2,48,66)(H,49,67)(H,50,61)(H,51,63)(H,52,70)(H,53,68)(H,54,69)(H,55,73)(H,56,74)(H,57,71)(H,58,72)(H,64,65)/t22-,23-,25+,26+,27+,28+,29+,30+,31+,35+,36+/m1/s1. The second-order valence-corrected chi connectivity index (χ2v) is 19.5. The van der Waals surface area contributed by atoms with Crippen LogP contribution in [-0.4, -0.2) is 183 Å². The first-order chi connectivity index (χ1) is 35.4. The van der Waals surface area contributed by atoms with Crippen molar-refractivity contribution in [2.75, 3.05) is 24.6 Å². The molecule has 31 heteroatoms. The van der Waals surface area contributed by atoms with Crippen LogP contribution in [0.4, 0.5) is 0 Å². The maximum absolute atomic E-state index is 13.8. The van der Waals surface area contributed by atoms with Crippen LogP contribution in [0.2, 0.25) is 0 Å². The van der Waals surface area contributed by atoms with E-state index in [0.29, 0.717) is 6.42 Å². The van der Waals surface area contributed by atoms with Crippen molar-refractivity contribution < 1.29 is 77.6 Å². The average Bonchev–Trinajstić information content (AvgIpc) is 3.31. The van der Waals surface area contributed by atoms with Crippen LogP contribution in [0.1, 0.15) is 99.8 Å². The first-order valence-electron chi connectivity index (χ1n) is 24.4. The summed E-state index contributed by atoms with van der Waals surface area (Å²) in [6.07, 6.45) is -4.68. The normalized spacial score (nSPS) is 15.4. The number of carbonyl (C=O) groups excluding carboxylic acids is 12. The van der Waals surface area contributed by atoms with Gasteiger partial charge in [-0.1, -0.05) is 27.7 Å². The monoisotopic (exact) mass is 1120 g/mol. The molecule has 0 aromatic carbocycles. The number of thiol groups is 2. The van der Waals surface area contributed by atoms with Gasteiger partial charge in [0.25, 0.3) is 0 Å². The van der Waals surface area contributed by atoms with Gasteiger partial charge in [0.05, 0.1) is 25.2 Å². The minimum Gasteiger partial charge on any atom is -0.481 e. The Kier molecular flexibility index (Phi) is 32.9. The molecule has 0 aliphatic rings. The van der Waals surface area contributed by atoms with Crippen LogP contribution in [0.15, 0.2) is 0 Å². The Bertz CT molecular complexity index is 2030. The lowest BCUT2D eigenvalue weighted by atomic mass is 10.0. The molecule has 12 amide bonds. The quantitative estimate of drug-likeness (QED) is 0.0203. The fourth-order valence-corrected chi connectivity index (χ4v) is 7.48. The Morgan fingerprint density at radius 1 is 0.487 bits per heavy atom. The highest BCUT2D eigenvalue weighted by Gasteiger charge is 2.36. The lowest BCUT2D eigenvalue weighted by Gasteiger charge is -2.28. The predicted octanol–water partition coefficient (Wildman–Crippen LogP) is -6.45. The second-order valence-electron chi connectivity index (χ2n) is 18.8. The van der Waals surface area contributed by atoms with Gasteiger partial charge in [-0.15, -0.1) is 0 Å². The number of carboxylic acids is 1. The van der Waals surface area contributed by atoms with E-state index in [0.717, 1.165) is 6.92 Å². The molecule has 29 nitrogen and oxygen atoms in total. The van der Waals surface area contributed by atoms with E-state index in [1.807, 2.05) is 0 Å². The molecule has 0 radical (unpaired) electrons. The number of aliphatic hydroxyl groups is 2.